The molecule has 0 bridgehead atoms. The number of rotatable bonds is 8. The lowest BCUT2D eigenvalue weighted by atomic mass is 10.1. The van der Waals surface area contributed by atoms with Gasteiger partial charge in [0.1, 0.15) is 11.1 Å². The maximum absolute atomic E-state index is 12.7. The highest BCUT2D eigenvalue weighted by Crippen LogP contribution is 2.25. The van der Waals surface area contributed by atoms with Crippen molar-refractivity contribution in [3.8, 4) is 0 Å². The molecule has 9 heteroatoms. The number of nitrogens with zero attached hydrogens (tertiary/aromatic N) is 1. The van der Waals surface area contributed by atoms with Gasteiger partial charge in [-0.25, -0.2) is 0 Å². The van der Waals surface area contributed by atoms with Crippen LogP contribution >= 0.6 is 23.4 Å². The molecule has 0 aliphatic rings. The highest BCUT2D eigenvalue weighted by Gasteiger charge is 2.23. The Balaban J connectivity index is 2.17. The Bertz CT molecular complexity index is 936. The number of carbonyl (C=O) groups is 2. The van der Waals surface area contributed by atoms with Gasteiger partial charge in [0.05, 0.1) is 4.92 Å². The molecule has 2 aromatic rings. The molecule has 7 nitrogen and oxygen atoms in total. The van der Waals surface area contributed by atoms with E-state index in [-0.39, 0.29) is 22.2 Å². The lowest BCUT2D eigenvalue weighted by molar-refractivity contribution is -0.384. The van der Waals surface area contributed by atoms with Gasteiger partial charge >= 0.3 is 0 Å². The molecule has 0 radical (unpaired) electrons. The van der Waals surface area contributed by atoms with Gasteiger partial charge in [0, 0.05) is 17.3 Å². The highest BCUT2D eigenvalue weighted by atomic mass is 35.5. The van der Waals surface area contributed by atoms with Crippen LogP contribution in [0.3, 0.4) is 0 Å². The van der Waals surface area contributed by atoms with E-state index in [1.807, 2.05) is 32.2 Å². The molecule has 0 aromatic heterocycles. The summed E-state index contributed by atoms with van der Waals surface area (Å²) in [5.74, 6) is -0.267. The first-order chi connectivity index (χ1) is 13.7. The number of thioether (sulfide) groups is 1. The lowest BCUT2D eigenvalue weighted by Crippen LogP contribution is -2.44. The summed E-state index contributed by atoms with van der Waals surface area (Å²) in [6.45, 7) is 3.93. The predicted molar refractivity (Wildman–Crippen MR) is 117 cm³/mol. The summed E-state index contributed by atoms with van der Waals surface area (Å²) in [7, 11) is 0. The number of benzene rings is 2. The number of nitro benzene ring substituents is 1. The van der Waals surface area contributed by atoms with E-state index in [1.165, 1.54) is 12.1 Å². The molecule has 2 aromatic carbocycles. The third-order valence-electron chi connectivity index (χ3n) is 4.41. The smallest absolute Gasteiger partial charge is 0.288 e. The van der Waals surface area contributed by atoms with Crippen LogP contribution in [-0.4, -0.2) is 34.8 Å². The summed E-state index contributed by atoms with van der Waals surface area (Å²) in [6, 6.07) is 8.57. The zero-order chi connectivity index (χ0) is 21.6. The maximum atomic E-state index is 12.7. The third-order valence-corrected chi connectivity index (χ3v) is 5.38. The number of aryl methyl sites for hydroxylation is 2. The molecule has 0 aliphatic heterocycles. The van der Waals surface area contributed by atoms with E-state index in [0.717, 1.165) is 17.2 Å². The molecule has 154 valence electrons. The maximum Gasteiger partial charge on any atom is 0.288 e. The van der Waals surface area contributed by atoms with Crippen LogP contribution in [0.5, 0.6) is 0 Å². The average molecular weight is 436 g/mol. The molecule has 0 heterocycles. The van der Waals surface area contributed by atoms with E-state index < -0.39 is 16.9 Å². The number of carbonyl (C=O) groups excluding carboxylic acids is 2. The molecular formula is C20H22ClN3O4S. The van der Waals surface area contributed by atoms with E-state index in [0.29, 0.717) is 17.9 Å². The number of nitro groups is 1. The number of nitrogens with one attached hydrogen (secondary N) is 2. The Morgan fingerprint density at radius 2 is 1.90 bits per heavy atom. The largest absolute Gasteiger partial charge is 0.340 e. The first-order valence-corrected chi connectivity index (χ1v) is 10.6. The Labute approximate surface area is 178 Å². The highest BCUT2D eigenvalue weighted by molar-refractivity contribution is 7.98. The van der Waals surface area contributed by atoms with Gasteiger partial charge < -0.3 is 10.6 Å². The molecule has 0 saturated heterocycles. The monoisotopic (exact) mass is 435 g/mol. The molecule has 2 rings (SSSR count). The molecule has 1 unspecified atom stereocenters. The minimum absolute atomic E-state index is 0.0574. The topological polar surface area (TPSA) is 101 Å². The van der Waals surface area contributed by atoms with Crippen molar-refractivity contribution >= 4 is 46.6 Å². The molecular weight excluding hydrogens is 414 g/mol. The molecule has 2 amide bonds. The molecule has 0 fully saturated rings. The van der Waals surface area contributed by atoms with Crippen molar-refractivity contribution in [2.45, 2.75) is 26.3 Å². The van der Waals surface area contributed by atoms with Crippen LogP contribution in [0.25, 0.3) is 0 Å². The van der Waals surface area contributed by atoms with E-state index >= 15 is 0 Å². The molecule has 2 N–H and O–H groups in total. The first-order valence-electron chi connectivity index (χ1n) is 8.84. The fourth-order valence-corrected chi connectivity index (χ4v) is 3.25. The van der Waals surface area contributed by atoms with Crippen molar-refractivity contribution < 1.29 is 14.5 Å². The average Bonchev–Trinajstić information content (AvgIpc) is 2.67. The van der Waals surface area contributed by atoms with Gasteiger partial charge in [-0.2, -0.15) is 11.8 Å². The number of anilines is 1. The van der Waals surface area contributed by atoms with E-state index in [2.05, 4.69) is 10.6 Å². The van der Waals surface area contributed by atoms with Gasteiger partial charge in [-0.05, 0) is 67.7 Å². The van der Waals surface area contributed by atoms with Gasteiger partial charge in [-0.3, -0.25) is 19.7 Å². The van der Waals surface area contributed by atoms with Crippen molar-refractivity contribution in [3.63, 3.8) is 0 Å². The number of amides is 2. The van der Waals surface area contributed by atoms with Gasteiger partial charge in [0.2, 0.25) is 5.91 Å². The molecule has 0 spiro atoms. The summed E-state index contributed by atoms with van der Waals surface area (Å²) in [4.78, 5) is 35.7. The van der Waals surface area contributed by atoms with Crippen LogP contribution in [0.1, 0.15) is 27.9 Å². The zero-order valence-corrected chi connectivity index (χ0v) is 17.9. The molecule has 1 atom stereocenters. The Kier molecular flexibility index (Phi) is 8.04. The van der Waals surface area contributed by atoms with Crippen LogP contribution in [0.4, 0.5) is 11.4 Å². The van der Waals surface area contributed by atoms with Crippen LogP contribution in [0.15, 0.2) is 36.4 Å². The normalized spacial score (nSPS) is 11.6. The molecule has 0 saturated carbocycles. The first kappa shape index (κ1) is 22.7. The van der Waals surface area contributed by atoms with E-state index in [9.17, 15) is 19.7 Å². The second-order valence-electron chi connectivity index (χ2n) is 6.52. The Morgan fingerprint density at radius 3 is 2.52 bits per heavy atom. The summed E-state index contributed by atoms with van der Waals surface area (Å²) >= 11 is 7.35. The number of hydrogen-bond donors (Lipinski definition) is 2. The van der Waals surface area contributed by atoms with Crippen molar-refractivity contribution in [2.75, 3.05) is 17.3 Å². The van der Waals surface area contributed by atoms with Crippen molar-refractivity contribution in [3.05, 3.63) is 68.2 Å². The van der Waals surface area contributed by atoms with Crippen LogP contribution in [0.2, 0.25) is 5.02 Å². The second-order valence-corrected chi connectivity index (χ2v) is 7.91. The Hall–Kier alpha value is -2.58. The molecule has 29 heavy (non-hydrogen) atoms. The van der Waals surface area contributed by atoms with Crippen LogP contribution in [0, 0.1) is 24.0 Å². The minimum atomic E-state index is -0.786. The fourth-order valence-electron chi connectivity index (χ4n) is 2.59. The minimum Gasteiger partial charge on any atom is -0.340 e. The quantitative estimate of drug-likeness (QED) is 0.474. The lowest BCUT2D eigenvalue weighted by Gasteiger charge is -2.18. The van der Waals surface area contributed by atoms with Crippen molar-refractivity contribution in [2.24, 2.45) is 0 Å². The predicted octanol–water partition coefficient (Wildman–Crippen LogP) is 4.36. The SMILES string of the molecule is CSCCC(NC(=O)c1ccc(Cl)c([N+](=O)[O-])c1)C(=O)Nc1ccc(C)c(C)c1. The summed E-state index contributed by atoms with van der Waals surface area (Å²) < 4.78 is 0. The van der Waals surface area contributed by atoms with Gasteiger partial charge in [0.25, 0.3) is 11.6 Å². The Morgan fingerprint density at radius 1 is 1.17 bits per heavy atom. The van der Waals surface area contributed by atoms with Gasteiger partial charge in [0.15, 0.2) is 0 Å². The fraction of sp³-hybridized carbons (Fsp3) is 0.300. The summed E-state index contributed by atoms with van der Waals surface area (Å²) in [5, 5.41) is 16.5. The summed E-state index contributed by atoms with van der Waals surface area (Å²) in [5.41, 5.74) is 2.50. The van der Waals surface area contributed by atoms with Crippen molar-refractivity contribution in [1.29, 1.82) is 0 Å². The van der Waals surface area contributed by atoms with E-state index in [4.69, 9.17) is 11.6 Å². The standard InChI is InChI=1S/C20H22ClN3O4S/c1-12-4-6-15(10-13(12)2)22-20(26)17(8-9-29-3)23-19(25)14-5-7-16(21)18(11-14)24(27)28/h4-7,10-11,17H,8-9H2,1-3H3,(H,22,26)(H,23,25). The number of hydrogen-bond acceptors (Lipinski definition) is 5. The zero-order valence-electron chi connectivity index (χ0n) is 16.3. The third kappa shape index (κ3) is 6.20. The van der Waals surface area contributed by atoms with Crippen LogP contribution < -0.4 is 10.6 Å². The van der Waals surface area contributed by atoms with Crippen LogP contribution in [-0.2, 0) is 4.79 Å². The summed E-state index contributed by atoms with van der Waals surface area (Å²) in [6.07, 6.45) is 2.32. The van der Waals surface area contributed by atoms with Gasteiger partial charge in [-0.1, -0.05) is 17.7 Å². The number of halogens is 1. The second kappa shape index (κ2) is 10.3. The van der Waals surface area contributed by atoms with E-state index in [1.54, 1.807) is 17.8 Å². The van der Waals surface area contributed by atoms with Crippen molar-refractivity contribution in [1.82, 2.24) is 5.32 Å². The van der Waals surface area contributed by atoms with Gasteiger partial charge in [-0.15, -0.1) is 0 Å². The molecule has 0 aliphatic carbocycles.